The minimum atomic E-state index is -0.961. The maximum Gasteiger partial charge on any atom is 0.335 e. The van der Waals surface area contributed by atoms with Crippen molar-refractivity contribution in [2.75, 3.05) is 12.8 Å². The van der Waals surface area contributed by atoms with E-state index in [0.29, 0.717) is 5.69 Å². The largest absolute Gasteiger partial charge is 0.497 e. The Balaban J connectivity index is 2.26. The van der Waals surface area contributed by atoms with Crippen LogP contribution in [0.5, 0.6) is 5.75 Å². The first kappa shape index (κ1) is 13.3. The Hall–Kier alpha value is -2.14. The van der Waals surface area contributed by atoms with Crippen molar-refractivity contribution in [3.05, 3.63) is 48.0 Å². The van der Waals surface area contributed by atoms with Crippen molar-refractivity contribution in [2.24, 2.45) is 0 Å². The number of hydrogen-bond acceptors (Lipinski definition) is 4. The van der Waals surface area contributed by atoms with E-state index in [2.05, 4.69) is 0 Å². The number of rotatable bonds is 4. The van der Waals surface area contributed by atoms with Gasteiger partial charge in [0.1, 0.15) is 5.75 Å². The second-order valence-electron chi connectivity index (χ2n) is 3.84. The lowest BCUT2D eigenvalue weighted by Crippen LogP contribution is -1.98. The fourth-order valence-corrected chi connectivity index (χ4v) is 2.42. The van der Waals surface area contributed by atoms with Crippen molar-refractivity contribution in [1.29, 1.82) is 0 Å². The summed E-state index contributed by atoms with van der Waals surface area (Å²) in [4.78, 5) is 12.6. The third kappa shape index (κ3) is 3.20. The number of carboxylic acid groups (broad SMARTS) is 1. The van der Waals surface area contributed by atoms with Gasteiger partial charge in [-0.25, -0.2) is 4.79 Å². The maximum atomic E-state index is 10.9. The lowest BCUT2D eigenvalue weighted by atomic mass is 10.2. The molecule has 19 heavy (non-hydrogen) atoms. The summed E-state index contributed by atoms with van der Waals surface area (Å²) in [5, 5.41) is 8.97. The van der Waals surface area contributed by atoms with Crippen molar-refractivity contribution in [3.63, 3.8) is 0 Å². The highest BCUT2D eigenvalue weighted by atomic mass is 32.2. The number of carbonyl (C=O) groups is 1. The van der Waals surface area contributed by atoms with E-state index in [1.165, 1.54) is 17.8 Å². The second kappa shape index (κ2) is 5.67. The number of aromatic carboxylic acids is 1. The number of anilines is 1. The molecular weight excluding hydrogens is 262 g/mol. The lowest BCUT2D eigenvalue weighted by molar-refractivity contribution is 0.0696. The number of nitrogen functional groups attached to an aromatic ring is 1. The predicted molar refractivity (Wildman–Crippen MR) is 74.9 cm³/mol. The molecule has 0 saturated carbocycles. The van der Waals surface area contributed by atoms with Gasteiger partial charge in [0.25, 0.3) is 0 Å². The molecule has 0 aliphatic heterocycles. The molecule has 0 bridgehead atoms. The summed E-state index contributed by atoms with van der Waals surface area (Å²) in [5.74, 6) is -0.187. The van der Waals surface area contributed by atoms with Crippen LogP contribution in [-0.4, -0.2) is 18.2 Å². The molecule has 4 nitrogen and oxygen atoms in total. The van der Waals surface area contributed by atoms with Crippen LogP contribution in [0.2, 0.25) is 0 Å². The highest BCUT2D eigenvalue weighted by Crippen LogP contribution is 2.33. The van der Waals surface area contributed by atoms with Crippen molar-refractivity contribution in [1.82, 2.24) is 0 Å². The molecule has 0 atom stereocenters. The van der Waals surface area contributed by atoms with Crippen LogP contribution in [0.3, 0.4) is 0 Å². The standard InChI is InChI=1S/C14H13NO3S/c1-18-10-3-5-11(6-4-10)19-13-8-9(14(16)17)2-7-12(13)15/h2-8H,15H2,1H3,(H,16,17). The second-order valence-corrected chi connectivity index (χ2v) is 4.95. The van der Waals surface area contributed by atoms with E-state index < -0.39 is 5.97 Å². The number of nitrogens with two attached hydrogens (primary N) is 1. The fourth-order valence-electron chi connectivity index (χ4n) is 1.53. The van der Waals surface area contributed by atoms with Crippen molar-refractivity contribution >= 4 is 23.4 Å². The van der Waals surface area contributed by atoms with Crippen LogP contribution in [-0.2, 0) is 0 Å². The summed E-state index contributed by atoms with van der Waals surface area (Å²) < 4.78 is 5.08. The van der Waals surface area contributed by atoms with E-state index in [9.17, 15) is 4.79 Å². The molecular formula is C14H13NO3S. The van der Waals surface area contributed by atoms with Gasteiger partial charge in [-0.15, -0.1) is 0 Å². The first-order chi connectivity index (χ1) is 9.10. The van der Waals surface area contributed by atoms with Gasteiger partial charge in [-0.2, -0.15) is 0 Å². The third-order valence-corrected chi connectivity index (χ3v) is 3.63. The minimum absolute atomic E-state index is 0.227. The van der Waals surface area contributed by atoms with Crippen molar-refractivity contribution in [3.8, 4) is 5.75 Å². The molecule has 0 aliphatic carbocycles. The van der Waals surface area contributed by atoms with E-state index in [-0.39, 0.29) is 5.56 Å². The van der Waals surface area contributed by atoms with Gasteiger partial charge in [0.15, 0.2) is 0 Å². The Bertz CT molecular complexity index is 596. The zero-order valence-electron chi connectivity index (χ0n) is 10.3. The molecule has 0 radical (unpaired) electrons. The molecule has 0 heterocycles. The van der Waals surface area contributed by atoms with E-state index in [1.54, 1.807) is 19.2 Å². The lowest BCUT2D eigenvalue weighted by Gasteiger charge is -2.07. The molecule has 2 aromatic rings. The summed E-state index contributed by atoms with van der Waals surface area (Å²) in [6.07, 6.45) is 0. The summed E-state index contributed by atoms with van der Waals surface area (Å²) in [7, 11) is 1.61. The molecule has 98 valence electrons. The number of hydrogen-bond donors (Lipinski definition) is 2. The number of methoxy groups -OCH3 is 1. The number of carboxylic acids is 1. The molecule has 3 N–H and O–H groups in total. The van der Waals surface area contributed by atoms with Crippen LogP contribution in [0.1, 0.15) is 10.4 Å². The molecule has 2 rings (SSSR count). The van der Waals surface area contributed by atoms with Crippen LogP contribution in [0.25, 0.3) is 0 Å². The predicted octanol–water partition coefficient (Wildman–Crippen LogP) is 3.13. The van der Waals surface area contributed by atoms with E-state index >= 15 is 0 Å². The van der Waals surface area contributed by atoms with Gasteiger partial charge in [-0.05, 0) is 42.5 Å². The van der Waals surface area contributed by atoms with Crippen LogP contribution >= 0.6 is 11.8 Å². The van der Waals surface area contributed by atoms with Gasteiger partial charge in [-0.3, -0.25) is 0 Å². The van der Waals surface area contributed by atoms with Crippen molar-refractivity contribution in [2.45, 2.75) is 9.79 Å². The third-order valence-electron chi connectivity index (χ3n) is 2.55. The normalized spacial score (nSPS) is 10.2. The molecule has 0 saturated heterocycles. The fraction of sp³-hybridized carbons (Fsp3) is 0.0714. The molecule has 5 heteroatoms. The van der Waals surface area contributed by atoms with Crippen LogP contribution in [0.15, 0.2) is 52.3 Å². The van der Waals surface area contributed by atoms with Gasteiger partial charge in [0.2, 0.25) is 0 Å². The highest BCUT2D eigenvalue weighted by Gasteiger charge is 2.08. The monoisotopic (exact) mass is 275 g/mol. The van der Waals surface area contributed by atoms with Crippen LogP contribution < -0.4 is 10.5 Å². The summed E-state index contributed by atoms with van der Waals surface area (Å²) >= 11 is 1.42. The molecule has 0 amide bonds. The zero-order valence-corrected chi connectivity index (χ0v) is 11.1. The summed E-state index contributed by atoms with van der Waals surface area (Å²) in [6.45, 7) is 0. The smallest absolute Gasteiger partial charge is 0.335 e. The van der Waals surface area contributed by atoms with E-state index in [4.69, 9.17) is 15.6 Å². The average molecular weight is 275 g/mol. The number of benzene rings is 2. The van der Waals surface area contributed by atoms with Gasteiger partial charge >= 0.3 is 5.97 Å². The van der Waals surface area contributed by atoms with E-state index in [1.807, 2.05) is 24.3 Å². The first-order valence-corrected chi connectivity index (χ1v) is 6.36. The van der Waals surface area contributed by atoms with Gasteiger partial charge in [0.05, 0.1) is 12.7 Å². The molecule has 0 unspecified atom stereocenters. The van der Waals surface area contributed by atoms with Gasteiger partial charge < -0.3 is 15.6 Å². The Kier molecular flexibility index (Phi) is 3.97. The van der Waals surface area contributed by atoms with Gasteiger partial charge in [-0.1, -0.05) is 11.8 Å². The zero-order chi connectivity index (χ0) is 13.8. The van der Waals surface area contributed by atoms with Crippen LogP contribution in [0.4, 0.5) is 5.69 Å². The molecule has 0 fully saturated rings. The Morgan fingerprint density at radius 3 is 2.47 bits per heavy atom. The van der Waals surface area contributed by atoms with E-state index in [0.717, 1.165) is 15.5 Å². The summed E-state index contributed by atoms with van der Waals surface area (Å²) in [5.41, 5.74) is 6.64. The first-order valence-electron chi connectivity index (χ1n) is 5.55. The Morgan fingerprint density at radius 2 is 1.89 bits per heavy atom. The summed E-state index contributed by atoms with van der Waals surface area (Å²) in [6, 6.07) is 12.2. The molecule has 0 aliphatic rings. The SMILES string of the molecule is COc1ccc(Sc2cc(C(=O)O)ccc2N)cc1. The Labute approximate surface area is 115 Å². The van der Waals surface area contributed by atoms with Crippen molar-refractivity contribution < 1.29 is 14.6 Å². The highest BCUT2D eigenvalue weighted by molar-refractivity contribution is 7.99. The van der Waals surface area contributed by atoms with Crippen LogP contribution in [0, 0.1) is 0 Å². The number of ether oxygens (including phenoxy) is 1. The average Bonchev–Trinajstić information content (AvgIpc) is 2.42. The quantitative estimate of drug-likeness (QED) is 0.839. The van der Waals surface area contributed by atoms with Gasteiger partial charge in [0, 0.05) is 15.5 Å². The molecule has 2 aromatic carbocycles. The topological polar surface area (TPSA) is 72.5 Å². The molecule has 0 spiro atoms. The maximum absolute atomic E-state index is 10.9. The Morgan fingerprint density at radius 1 is 1.21 bits per heavy atom. The minimum Gasteiger partial charge on any atom is -0.497 e. The molecule has 0 aromatic heterocycles.